The van der Waals surface area contributed by atoms with Crippen molar-refractivity contribution in [1.29, 1.82) is 0 Å². The number of nitrogens with one attached hydrogen (secondary N) is 1. The van der Waals surface area contributed by atoms with Crippen LogP contribution in [0.5, 0.6) is 0 Å². The third-order valence-electron chi connectivity index (χ3n) is 4.29. The second-order valence-electron chi connectivity index (χ2n) is 5.75. The van der Waals surface area contributed by atoms with Gasteiger partial charge in [-0.15, -0.1) is 0 Å². The fraction of sp³-hybridized carbons (Fsp3) is 0.857. The summed E-state index contributed by atoms with van der Waals surface area (Å²) < 4.78 is 5.51. The molecule has 4 unspecified atom stereocenters. The molecule has 0 aromatic heterocycles. The van der Waals surface area contributed by atoms with E-state index in [0.717, 1.165) is 38.5 Å². The molecule has 1 aliphatic carbocycles. The van der Waals surface area contributed by atoms with Gasteiger partial charge in [0.1, 0.15) is 6.10 Å². The van der Waals surface area contributed by atoms with E-state index in [2.05, 4.69) is 5.32 Å². The van der Waals surface area contributed by atoms with E-state index >= 15 is 0 Å². The van der Waals surface area contributed by atoms with Gasteiger partial charge in [-0.05, 0) is 38.5 Å². The first-order valence-electron chi connectivity index (χ1n) is 7.24. The van der Waals surface area contributed by atoms with Crippen molar-refractivity contribution in [3.8, 4) is 0 Å². The molecule has 2 N–H and O–H groups in total. The molecule has 2 aliphatic rings. The van der Waals surface area contributed by atoms with Gasteiger partial charge >= 0.3 is 5.97 Å². The van der Waals surface area contributed by atoms with E-state index in [4.69, 9.17) is 4.74 Å². The number of aliphatic carboxylic acids is 1. The van der Waals surface area contributed by atoms with Crippen molar-refractivity contribution in [2.24, 2.45) is 11.8 Å². The van der Waals surface area contributed by atoms with Crippen molar-refractivity contribution in [2.75, 3.05) is 6.54 Å². The van der Waals surface area contributed by atoms with Crippen LogP contribution in [-0.2, 0) is 14.3 Å². The highest BCUT2D eigenvalue weighted by Crippen LogP contribution is 2.30. The molecule has 5 nitrogen and oxygen atoms in total. The molecule has 1 saturated heterocycles. The first-order chi connectivity index (χ1) is 9.08. The van der Waals surface area contributed by atoms with Gasteiger partial charge in [-0.2, -0.15) is 0 Å². The van der Waals surface area contributed by atoms with Crippen molar-refractivity contribution in [3.63, 3.8) is 0 Å². The zero-order valence-electron chi connectivity index (χ0n) is 11.4. The van der Waals surface area contributed by atoms with Crippen molar-refractivity contribution >= 4 is 11.9 Å². The van der Waals surface area contributed by atoms with Crippen LogP contribution in [0.1, 0.15) is 45.4 Å². The van der Waals surface area contributed by atoms with Gasteiger partial charge in [0.05, 0.1) is 12.0 Å². The SMILES string of the molecule is CC1CCC(C(=O)NCC2CCCCC2C(=O)O)O1. The Labute approximate surface area is 113 Å². The maximum atomic E-state index is 11.9. The number of hydrogen-bond donors (Lipinski definition) is 2. The lowest BCUT2D eigenvalue weighted by molar-refractivity contribution is -0.145. The zero-order chi connectivity index (χ0) is 13.8. The Bertz CT molecular complexity index is 344. The summed E-state index contributed by atoms with van der Waals surface area (Å²) in [7, 11) is 0. The topological polar surface area (TPSA) is 75.6 Å². The number of ether oxygens (including phenoxy) is 1. The van der Waals surface area contributed by atoms with Crippen LogP contribution < -0.4 is 5.32 Å². The molecule has 1 heterocycles. The number of amides is 1. The van der Waals surface area contributed by atoms with Crippen LogP contribution in [0.2, 0.25) is 0 Å². The Morgan fingerprint density at radius 1 is 1.21 bits per heavy atom. The number of carboxylic acid groups (broad SMARTS) is 1. The van der Waals surface area contributed by atoms with Gasteiger partial charge in [-0.25, -0.2) is 0 Å². The van der Waals surface area contributed by atoms with Gasteiger partial charge in [0.2, 0.25) is 5.91 Å². The molecule has 0 spiro atoms. The second kappa shape index (κ2) is 6.37. The summed E-state index contributed by atoms with van der Waals surface area (Å²) in [4.78, 5) is 23.1. The molecule has 2 rings (SSSR count). The van der Waals surface area contributed by atoms with Crippen LogP contribution in [0.4, 0.5) is 0 Å². The lowest BCUT2D eigenvalue weighted by Crippen LogP contribution is -2.41. The number of carbonyl (C=O) groups excluding carboxylic acids is 1. The largest absolute Gasteiger partial charge is 0.481 e. The molecule has 1 saturated carbocycles. The van der Waals surface area contributed by atoms with Crippen molar-refractivity contribution in [1.82, 2.24) is 5.32 Å². The molecule has 1 aliphatic heterocycles. The summed E-state index contributed by atoms with van der Waals surface area (Å²) in [5.74, 6) is -1.06. The summed E-state index contributed by atoms with van der Waals surface area (Å²) in [6.45, 7) is 2.43. The molecule has 5 heteroatoms. The van der Waals surface area contributed by atoms with E-state index in [1.54, 1.807) is 0 Å². The van der Waals surface area contributed by atoms with Gasteiger partial charge in [0, 0.05) is 6.54 Å². The Balaban J connectivity index is 1.80. The van der Waals surface area contributed by atoms with E-state index < -0.39 is 5.97 Å². The van der Waals surface area contributed by atoms with Crippen LogP contribution in [0.15, 0.2) is 0 Å². The summed E-state index contributed by atoms with van der Waals surface area (Å²) in [6, 6.07) is 0. The Morgan fingerprint density at radius 3 is 2.58 bits per heavy atom. The van der Waals surface area contributed by atoms with E-state index in [0.29, 0.717) is 6.54 Å². The molecule has 0 aromatic rings. The van der Waals surface area contributed by atoms with Crippen LogP contribution in [0.25, 0.3) is 0 Å². The molecular weight excluding hydrogens is 246 g/mol. The molecule has 19 heavy (non-hydrogen) atoms. The minimum atomic E-state index is -0.732. The lowest BCUT2D eigenvalue weighted by Gasteiger charge is -2.28. The smallest absolute Gasteiger partial charge is 0.306 e. The van der Waals surface area contributed by atoms with E-state index in [1.807, 2.05) is 6.92 Å². The highest BCUT2D eigenvalue weighted by molar-refractivity contribution is 5.81. The molecule has 2 fully saturated rings. The summed E-state index contributed by atoms with van der Waals surface area (Å²) in [5.41, 5.74) is 0. The first kappa shape index (κ1) is 14.3. The van der Waals surface area contributed by atoms with Crippen LogP contribution in [0, 0.1) is 11.8 Å². The van der Waals surface area contributed by atoms with Crippen molar-refractivity contribution < 1.29 is 19.4 Å². The zero-order valence-corrected chi connectivity index (χ0v) is 11.4. The fourth-order valence-electron chi connectivity index (χ4n) is 3.12. The third kappa shape index (κ3) is 3.69. The highest BCUT2D eigenvalue weighted by atomic mass is 16.5. The average Bonchev–Trinajstić information content (AvgIpc) is 2.83. The molecule has 4 atom stereocenters. The lowest BCUT2D eigenvalue weighted by atomic mass is 9.79. The molecule has 0 bridgehead atoms. The molecule has 1 amide bonds. The van der Waals surface area contributed by atoms with E-state index in [9.17, 15) is 14.7 Å². The van der Waals surface area contributed by atoms with Gasteiger partial charge in [-0.1, -0.05) is 12.8 Å². The Hall–Kier alpha value is -1.10. The molecule has 0 aromatic carbocycles. The standard InChI is InChI=1S/C14H23NO4/c1-9-6-7-12(19-9)13(16)15-8-10-4-2-3-5-11(10)14(17)18/h9-12H,2-8H2,1H3,(H,15,16)(H,17,18). The summed E-state index contributed by atoms with van der Waals surface area (Å²) in [6.07, 6.45) is 5.14. The molecule has 108 valence electrons. The summed E-state index contributed by atoms with van der Waals surface area (Å²) >= 11 is 0. The quantitative estimate of drug-likeness (QED) is 0.812. The number of rotatable bonds is 4. The maximum Gasteiger partial charge on any atom is 0.306 e. The predicted octanol–water partition coefficient (Wildman–Crippen LogP) is 1.56. The number of hydrogen-bond acceptors (Lipinski definition) is 3. The third-order valence-corrected chi connectivity index (χ3v) is 4.29. The summed E-state index contributed by atoms with van der Waals surface area (Å²) in [5, 5.41) is 12.1. The minimum absolute atomic E-state index is 0.0639. The number of carboxylic acids is 1. The Kier molecular flexibility index (Phi) is 4.80. The first-order valence-corrected chi connectivity index (χ1v) is 7.24. The van der Waals surface area contributed by atoms with Gasteiger partial charge in [0.25, 0.3) is 0 Å². The molecule has 0 radical (unpaired) electrons. The van der Waals surface area contributed by atoms with E-state index in [-0.39, 0.29) is 30.0 Å². The predicted molar refractivity (Wildman–Crippen MR) is 69.7 cm³/mol. The maximum absolute atomic E-state index is 11.9. The fourth-order valence-corrected chi connectivity index (χ4v) is 3.12. The van der Waals surface area contributed by atoms with Crippen LogP contribution in [-0.4, -0.2) is 35.7 Å². The Morgan fingerprint density at radius 2 is 1.95 bits per heavy atom. The second-order valence-corrected chi connectivity index (χ2v) is 5.75. The van der Waals surface area contributed by atoms with Gasteiger partial charge < -0.3 is 15.2 Å². The van der Waals surface area contributed by atoms with Gasteiger partial charge in [0.15, 0.2) is 0 Å². The normalized spacial score (nSPS) is 35.0. The molecular formula is C14H23NO4. The average molecular weight is 269 g/mol. The van der Waals surface area contributed by atoms with Gasteiger partial charge in [-0.3, -0.25) is 9.59 Å². The monoisotopic (exact) mass is 269 g/mol. The number of carbonyl (C=O) groups is 2. The van der Waals surface area contributed by atoms with Crippen molar-refractivity contribution in [2.45, 2.75) is 57.7 Å². The van der Waals surface area contributed by atoms with Crippen LogP contribution >= 0.6 is 0 Å². The van der Waals surface area contributed by atoms with Crippen LogP contribution in [0.3, 0.4) is 0 Å². The highest BCUT2D eigenvalue weighted by Gasteiger charge is 2.32. The minimum Gasteiger partial charge on any atom is -0.481 e. The van der Waals surface area contributed by atoms with E-state index in [1.165, 1.54) is 0 Å². The van der Waals surface area contributed by atoms with Crippen molar-refractivity contribution in [3.05, 3.63) is 0 Å².